The minimum absolute atomic E-state index is 0.0778. The van der Waals surface area contributed by atoms with Crippen molar-refractivity contribution in [2.24, 2.45) is 0 Å². The van der Waals surface area contributed by atoms with E-state index in [2.05, 4.69) is 30.2 Å². The largest absolute Gasteiger partial charge is 0.370 e. The van der Waals surface area contributed by atoms with Gasteiger partial charge in [0.2, 0.25) is 0 Å². The molecule has 0 bridgehead atoms. The number of nitrogens with zero attached hydrogens (tertiary/aromatic N) is 2. The maximum Gasteiger partial charge on any atom is 0.161 e. The maximum absolute atomic E-state index is 5.71. The molecule has 0 amide bonds. The Kier molecular flexibility index (Phi) is 3.66. The summed E-state index contributed by atoms with van der Waals surface area (Å²) in [7, 11) is 0. The molecule has 2 aromatic rings. The summed E-state index contributed by atoms with van der Waals surface area (Å²) in [6, 6.07) is 2.16. The lowest BCUT2D eigenvalue weighted by Gasteiger charge is -2.11. The van der Waals surface area contributed by atoms with Gasteiger partial charge in [-0.15, -0.1) is 11.3 Å². The van der Waals surface area contributed by atoms with Gasteiger partial charge in [0.1, 0.15) is 16.8 Å². The van der Waals surface area contributed by atoms with E-state index in [9.17, 15) is 0 Å². The van der Waals surface area contributed by atoms with Gasteiger partial charge in [-0.1, -0.05) is 6.92 Å². The van der Waals surface area contributed by atoms with Crippen molar-refractivity contribution in [3.8, 4) is 0 Å². The zero-order valence-electron chi connectivity index (χ0n) is 11.4. The van der Waals surface area contributed by atoms with E-state index in [1.807, 2.05) is 0 Å². The van der Waals surface area contributed by atoms with E-state index in [0.29, 0.717) is 0 Å². The highest BCUT2D eigenvalue weighted by Gasteiger charge is 2.22. The van der Waals surface area contributed by atoms with Crippen LogP contribution in [0.5, 0.6) is 0 Å². The molecule has 0 saturated carbocycles. The van der Waals surface area contributed by atoms with Crippen LogP contribution in [0.4, 0.5) is 5.82 Å². The first-order valence-corrected chi connectivity index (χ1v) is 7.73. The second-order valence-corrected chi connectivity index (χ2v) is 6.17. The van der Waals surface area contributed by atoms with Gasteiger partial charge in [0.05, 0.1) is 5.39 Å². The molecule has 19 heavy (non-hydrogen) atoms. The summed E-state index contributed by atoms with van der Waals surface area (Å²) >= 11 is 1.73. The lowest BCUT2D eigenvalue weighted by Crippen LogP contribution is -2.08. The van der Waals surface area contributed by atoms with Crippen LogP contribution < -0.4 is 5.32 Å². The molecule has 2 aromatic heterocycles. The molecule has 1 N–H and O–H groups in total. The Labute approximate surface area is 117 Å². The molecule has 3 heterocycles. The first kappa shape index (κ1) is 12.8. The minimum Gasteiger partial charge on any atom is -0.370 e. The van der Waals surface area contributed by atoms with Crippen molar-refractivity contribution in [1.82, 2.24) is 9.97 Å². The normalized spacial score (nSPS) is 19.2. The van der Waals surface area contributed by atoms with Gasteiger partial charge >= 0.3 is 0 Å². The predicted octanol–water partition coefficient (Wildman–Crippen LogP) is 3.67. The SMILES string of the molecule is CCCNc1nc(C2CCCO2)nc2sc(C)cc12. The fourth-order valence-electron chi connectivity index (χ4n) is 2.36. The van der Waals surface area contributed by atoms with Crippen LogP contribution >= 0.6 is 11.3 Å². The summed E-state index contributed by atoms with van der Waals surface area (Å²) in [6.07, 6.45) is 3.30. The number of aromatic nitrogens is 2. The Morgan fingerprint density at radius 1 is 1.47 bits per heavy atom. The highest BCUT2D eigenvalue weighted by Crippen LogP contribution is 2.33. The summed E-state index contributed by atoms with van der Waals surface area (Å²) in [5.41, 5.74) is 0. The van der Waals surface area contributed by atoms with Crippen molar-refractivity contribution in [3.63, 3.8) is 0 Å². The van der Waals surface area contributed by atoms with Crippen LogP contribution in [0.25, 0.3) is 10.2 Å². The van der Waals surface area contributed by atoms with Gasteiger partial charge in [0.15, 0.2) is 5.82 Å². The standard InChI is InChI=1S/C14H19N3OS/c1-3-6-15-12-10-8-9(2)19-14(10)17-13(16-12)11-5-4-7-18-11/h8,11H,3-7H2,1-2H3,(H,15,16,17). The van der Waals surface area contributed by atoms with Crippen LogP contribution in [0, 0.1) is 6.92 Å². The molecular weight excluding hydrogens is 258 g/mol. The highest BCUT2D eigenvalue weighted by molar-refractivity contribution is 7.18. The van der Waals surface area contributed by atoms with Crippen molar-refractivity contribution in [2.75, 3.05) is 18.5 Å². The average molecular weight is 277 g/mol. The van der Waals surface area contributed by atoms with E-state index in [0.717, 1.165) is 54.3 Å². The molecule has 0 radical (unpaired) electrons. The summed E-state index contributed by atoms with van der Waals surface area (Å²) in [5, 5.41) is 4.55. The molecule has 0 spiro atoms. The monoisotopic (exact) mass is 277 g/mol. The zero-order valence-corrected chi connectivity index (χ0v) is 12.2. The van der Waals surface area contributed by atoms with Crippen LogP contribution in [0.15, 0.2) is 6.07 Å². The second-order valence-electron chi connectivity index (χ2n) is 4.93. The Hall–Kier alpha value is -1.20. The van der Waals surface area contributed by atoms with Crippen LogP contribution in [0.1, 0.15) is 43.0 Å². The Bertz CT molecular complexity index is 575. The fraction of sp³-hybridized carbons (Fsp3) is 0.571. The molecule has 1 fully saturated rings. The Balaban J connectivity index is 2.03. The van der Waals surface area contributed by atoms with Crippen molar-refractivity contribution in [3.05, 3.63) is 16.8 Å². The van der Waals surface area contributed by atoms with Gasteiger partial charge in [-0.25, -0.2) is 9.97 Å². The predicted molar refractivity (Wildman–Crippen MR) is 78.9 cm³/mol. The van der Waals surface area contributed by atoms with Gasteiger partial charge in [-0.3, -0.25) is 0 Å². The molecule has 1 saturated heterocycles. The first-order chi connectivity index (χ1) is 9.28. The number of aryl methyl sites for hydroxylation is 1. The lowest BCUT2D eigenvalue weighted by atomic mass is 10.2. The van der Waals surface area contributed by atoms with E-state index >= 15 is 0 Å². The molecule has 5 heteroatoms. The quantitative estimate of drug-likeness (QED) is 0.926. The molecule has 1 atom stereocenters. The van der Waals surface area contributed by atoms with Crippen molar-refractivity contribution < 1.29 is 4.74 Å². The van der Waals surface area contributed by atoms with Crippen LogP contribution in [-0.2, 0) is 4.74 Å². The maximum atomic E-state index is 5.71. The topological polar surface area (TPSA) is 47.0 Å². The number of rotatable bonds is 4. The number of anilines is 1. The smallest absolute Gasteiger partial charge is 0.161 e. The summed E-state index contributed by atoms with van der Waals surface area (Å²) in [5.74, 6) is 1.80. The highest BCUT2D eigenvalue weighted by atomic mass is 32.1. The van der Waals surface area contributed by atoms with Crippen molar-refractivity contribution in [2.45, 2.75) is 39.2 Å². The van der Waals surface area contributed by atoms with Crippen molar-refractivity contribution in [1.29, 1.82) is 0 Å². The van der Waals surface area contributed by atoms with E-state index < -0.39 is 0 Å². The molecule has 1 aliphatic heterocycles. The minimum atomic E-state index is 0.0778. The first-order valence-electron chi connectivity index (χ1n) is 6.91. The molecule has 102 valence electrons. The summed E-state index contributed by atoms with van der Waals surface area (Å²) < 4.78 is 5.71. The van der Waals surface area contributed by atoms with Crippen molar-refractivity contribution >= 4 is 27.4 Å². The molecule has 4 nitrogen and oxygen atoms in total. The summed E-state index contributed by atoms with van der Waals surface area (Å²) in [4.78, 5) is 11.7. The second kappa shape index (κ2) is 5.43. The number of ether oxygens (including phenoxy) is 1. The number of thiophene rings is 1. The number of nitrogens with one attached hydrogen (secondary N) is 1. The number of hydrogen-bond acceptors (Lipinski definition) is 5. The van der Waals surface area contributed by atoms with E-state index in [-0.39, 0.29) is 6.10 Å². The summed E-state index contributed by atoms with van der Waals surface area (Å²) in [6.45, 7) is 6.03. The van der Waals surface area contributed by atoms with E-state index in [1.165, 1.54) is 4.88 Å². The fourth-order valence-corrected chi connectivity index (χ4v) is 3.25. The van der Waals surface area contributed by atoms with Crippen LogP contribution in [-0.4, -0.2) is 23.1 Å². The molecule has 1 unspecified atom stereocenters. The number of fused-ring (bicyclic) bond motifs is 1. The molecule has 0 aliphatic carbocycles. The van der Waals surface area contributed by atoms with Crippen LogP contribution in [0.2, 0.25) is 0 Å². The Morgan fingerprint density at radius 2 is 2.37 bits per heavy atom. The van der Waals surface area contributed by atoms with Gasteiger partial charge in [-0.2, -0.15) is 0 Å². The van der Waals surface area contributed by atoms with Crippen LogP contribution in [0.3, 0.4) is 0 Å². The van der Waals surface area contributed by atoms with E-state index in [4.69, 9.17) is 9.72 Å². The van der Waals surface area contributed by atoms with Gasteiger partial charge < -0.3 is 10.1 Å². The molecule has 1 aliphatic rings. The Morgan fingerprint density at radius 3 is 3.11 bits per heavy atom. The lowest BCUT2D eigenvalue weighted by molar-refractivity contribution is 0.105. The van der Waals surface area contributed by atoms with Gasteiger partial charge in [0, 0.05) is 18.0 Å². The average Bonchev–Trinajstić information content (AvgIpc) is 3.03. The number of hydrogen-bond donors (Lipinski definition) is 1. The molecule has 3 rings (SSSR count). The van der Waals surface area contributed by atoms with Gasteiger partial charge in [0.25, 0.3) is 0 Å². The molecule has 0 aromatic carbocycles. The third-order valence-electron chi connectivity index (χ3n) is 3.29. The third kappa shape index (κ3) is 2.58. The van der Waals surface area contributed by atoms with Gasteiger partial charge in [-0.05, 0) is 32.3 Å². The zero-order chi connectivity index (χ0) is 13.2. The van der Waals surface area contributed by atoms with E-state index in [1.54, 1.807) is 11.3 Å². The third-order valence-corrected chi connectivity index (χ3v) is 4.24. The molecular formula is C14H19N3OS.